The Labute approximate surface area is 163 Å². The van der Waals surface area contributed by atoms with Gasteiger partial charge in [-0.3, -0.25) is 9.59 Å². The van der Waals surface area contributed by atoms with Crippen LogP contribution >= 0.6 is 0 Å². The average molecular weight is 382 g/mol. The van der Waals surface area contributed by atoms with Crippen molar-refractivity contribution in [1.82, 2.24) is 0 Å². The monoisotopic (exact) mass is 382 g/mol. The van der Waals surface area contributed by atoms with Gasteiger partial charge in [0.1, 0.15) is 16.7 Å². The van der Waals surface area contributed by atoms with Crippen molar-refractivity contribution in [1.29, 1.82) is 0 Å². The number of esters is 1. The zero-order valence-corrected chi connectivity index (χ0v) is 16.1. The Morgan fingerprint density at radius 2 is 2.00 bits per heavy atom. The van der Waals surface area contributed by atoms with Gasteiger partial charge in [0, 0.05) is 17.8 Å². The molecule has 1 aromatic carbocycles. The van der Waals surface area contributed by atoms with E-state index in [1.807, 2.05) is 0 Å². The molecule has 0 aliphatic carbocycles. The second-order valence-electron chi connectivity index (χ2n) is 6.52. The molecule has 7 nitrogen and oxygen atoms in total. The van der Waals surface area contributed by atoms with Crippen molar-refractivity contribution in [2.45, 2.75) is 26.2 Å². The standard InChI is InChI=1S/C21H22N2O5/c1-5-11-23-15-10-8-7-9-14(15)21(20(23)26)16(12(3)24)13(4)28-18(22)17(21)19(25)27-6-2/h5,7-10H,1,6,11,22H2,2-4H3/t21-/m0/s1. The molecule has 1 aromatic rings. The van der Waals surface area contributed by atoms with E-state index in [2.05, 4.69) is 6.58 Å². The molecular weight excluding hydrogens is 360 g/mol. The number of carbonyl (C=O) groups is 3. The number of ether oxygens (including phenoxy) is 2. The number of nitrogens with two attached hydrogens (primary N) is 1. The molecule has 3 rings (SSSR count). The summed E-state index contributed by atoms with van der Waals surface area (Å²) in [7, 11) is 0. The number of carbonyl (C=O) groups excluding carboxylic acids is 3. The smallest absolute Gasteiger partial charge is 0.341 e. The highest BCUT2D eigenvalue weighted by Crippen LogP contribution is 2.54. The maximum absolute atomic E-state index is 13.8. The van der Waals surface area contributed by atoms with Crippen LogP contribution in [0.3, 0.4) is 0 Å². The molecule has 146 valence electrons. The van der Waals surface area contributed by atoms with Gasteiger partial charge in [0.15, 0.2) is 5.78 Å². The van der Waals surface area contributed by atoms with E-state index in [4.69, 9.17) is 15.2 Å². The number of ketones is 1. The van der Waals surface area contributed by atoms with Crippen molar-refractivity contribution in [3.8, 4) is 0 Å². The number of para-hydroxylation sites is 1. The third kappa shape index (κ3) is 2.46. The summed E-state index contributed by atoms with van der Waals surface area (Å²) in [6, 6.07) is 6.99. The van der Waals surface area contributed by atoms with Gasteiger partial charge >= 0.3 is 5.97 Å². The van der Waals surface area contributed by atoms with Crippen LogP contribution in [-0.4, -0.2) is 30.8 Å². The normalized spacial score (nSPS) is 21.0. The summed E-state index contributed by atoms with van der Waals surface area (Å²) in [6.07, 6.45) is 1.58. The molecule has 2 heterocycles. The van der Waals surface area contributed by atoms with Crippen LogP contribution in [0.25, 0.3) is 0 Å². The molecule has 0 saturated heterocycles. The molecule has 2 aliphatic heterocycles. The van der Waals surface area contributed by atoms with Gasteiger partial charge in [-0.15, -0.1) is 6.58 Å². The molecule has 0 unspecified atom stereocenters. The third-order valence-corrected chi connectivity index (χ3v) is 4.92. The van der Waals surface area contributed by atoms with Gasteiger partial charge in [0.25, 0.3) is 0 Å². The van der Waals surface area contributed by atoms with Crippen molar-refractivity contribution in [3.63, 3.8) is 0 Å². The summed E-state index contributed by atoms with van der Waals surface area (Å²) in [5.74, 6) is -1.72. The summed E-state index contributed by atoms with van der Waals surface area (Å²) in [5, 5.41) is 0. The number of Topliss-reactive ketones (excluding diaryl/α,β-unsaturated/α-hetero) is 1. The average Bonchev–Trinajstić information content (AvgIpc) is 2.85. The van der Waals surface area contributed by atoms with Crippen LogP contribution in [0.15, 0.2) is 59.7 Å². The third-order valence-electron chi connectivity index (χ3n) is 4.92. The largest absolute Gasteiger partial charge is 0.462 e. The minimum absolute atomic E-state index is 0.0776. The van der Waals surface area contributed by atoms with E-state index in [1.54, 1.807) is 44.2 Å². The molecule has 0 fully saturated rings. The molecule has 0 aromatic heterocycles. The Balaban J connectivity index is 2.44. The summed E-state index contributed by atoms with van der Waals surface area (Å²) in [4.78, 5) is 40.9. The van der Waals surface area contributed by atoms with Crippen LogP contribution in [-0.2, 0) is 29.3 Å². The van der Waals surface area contributed by atoms with Gasteiger partial charge < -0.3 is 20.1 Å². The van der Waals surface area contributed by atoms with Crippen molar-refractivity contribution in [2.24, 2.45) is 5.73 Å². The fourth-order valence-electron chi connectivity index (χ4n) is 4.06. The number of fused-ring (bicyclic) bond motifs is 2. The maximum atomic E-state index is 13.8. The second-order valence-corrected chi connectivity index (χ2v) is 6.52. The summed E-state index contributed by atoms with van der Waals surface area (Å²) >= 11 is 0. The Morgan fingerprint density at radius 3 is 2.61 bits per heavy atom. The number of benzene rings is 1. The first-order valence-corrected chi connectivity index (χ1v) is 8.92. The first-order valence-electron chi connectivity index (χ1n) is 8.92. The van der Waals surface area contributed by atoms with Gasteiger partial charge in [-0.2, -0.15) is 0 Å². The number of hydrogen-bond donors (Lipinski definition) is 1. The number of rotatable bonds is 5. The highest BCUT2D eigenvalue weighted by Gasteiger charge is 2.62. The molecule has 7 heteroatoms. The molecule has 1 atom stereocenters. The lowest BCUT2D eigenvalue weighted by Crippen LogP contribution is -2.50. The second kappa shape index (κ2) is 6.99. The zero-order valence-electron chi connectivity index (χ0n) is 16.1. The maximum Gasteiger partial charge on any atom is 0.341 e. The van der Waals surface area contributed by atoms with E-state index >= 15 is 0 Å². The Kier molecular flexibility index (Phi) is 4.85. The van der Waals surface area contributed by atoms with Gasteiger partial charge in [0.05, 0.1) is 12.2 Å². The molecule has 0 saturated carbocycles. The number of anilines is 1. The Bertz CT molecular complexity index is 959. The molecule has 1 spiro atoms. The molecule has 2 aliphatic rings. The molecule has 0 bridgehead atoms. The summed E-state index contributed by atoms with van der Waals surface area (Å²) in [5.41, 5.74) is 5.33. The van der Waals surface area contributed by atoms with Gasteiger partial charge in [-0.05, 0) is 26.8 Å². The van der Waals surface area contributed by atoms with E-state index in [0.29, 0.717) is 11.3 Å². The fourth-order valence-corrected chi connectivity index (χ4v) is 4.06. The molecular formula is C21H22N2O5. The predicted molar refractivity (Wildman–Crippen MR) is 103 cm³/mol. The van der Waals surface area contributed by atoms with Crippen molar-refractivity contribution in [3.05, 3.63) is 65.3 Å². The zero-order chi connectivity index (χ0) is 20.6. The Morgan fingerprint density at radius 1 is 1.32 bits per heavy atom. The number of allylic oxidation sites excluding steroid dienone is 1. The van der Waals surface area contributed by atoms with E-state index in [0.717, 1.165) is 0 Å². The van der Waals surface area contributed by atoms with Crippen LogP contribution in [0.2, 0.25) is 0 Å². The highest BCUT2D eigenvalue weighted by atomic mass is 16.5. The predicted octanol–water partition coefficient (Wildman–Crippen LogP) is 2.08. The summed E-state index contributed by atoms with van der Waals surface area (Å²) in [6.45, 7) is 8.53. The van der Waals surface area contributed by atoms with Crippen molar-refractivity contribution in [2.75, 3.05) is 18.1 Å². The summed E-state index contributed by atoms with van der Waals surface area (Å²) < 4.78 is 10.7. The van der Waals surface area contributed by atoms with E-state index in [9.17, 15) is 14.4 Å². The van der Waals surface area contributed by atoms with E-state index < -0.39 is 23.1 Å². The Hall–Kier alpha value is -3.35. The lowest BCUT2D eigenvalue weighted by atomic mass is 9.66. The number of nitrogens with zero attached hydrogens (tertiary/aromatic N) is 1. The molecule has 0 radical (unpaired) electrons. The minimum Gasteiger partial charge on any atom is -0.462 e. The lowest BCUT2D eigenvalue weighted by molar-refractivity contribution is -0.141. The van der Waals surface area contributed by atoms with Crippen LogP contribution in [0.1, 0.15) is 26.3 Å². The van der Waals surface area contributed by atoms with E-state index in [-0.39, 0.29) is 35.9 Å². The molecule has 1 amide bonds. The first kappa shape index (κ1) is 19.4. The van der Waals surface area contributed by atoms with Crippen molar-refractivity contribution < 1.29 is 23.9 Å². The molecule has 28 heavy (non-hydrogen) atoms. The highest BCUT2D eigenvalue weighted by molar-refractivity contribution is 6.22. The van der Waals surface area contributed by atoms with Crippen molar-refractivity contribution >= 4 is 23.3 Å². The SMILES string of the molecule is C=CCN1C(=O)[C@]2(C(C(C)=O)=C(C)OC(N)=C2C(=O)OCC)c2ccccc21. The van der Waals surface area contributed by atoms with Gasteiger partial charge in [0.2, 0.25) is 11.8 Å². The van der Waals surface area contributed by atoms with E-state index in [1.165, 1.54) is 11.8 Å². The van der Waals surface area contributed by atoms with Crippen LogP contribution < -0.4 is 10.6 Å². The van der Waals surface area contributed by atoms with Crippen LogP contribution in [0.4, 0.5) is 5.69 Å². The number of hydrogen-bond acceptors (Lipinski definition) is 6. The van der Waals surface area contributed by atoms with Crippen LogP contribution in [0.5, 0.6) is 0 Å². The van der Waals surface area contributed by atoms with Gasteiger partial charge in [-0.25, -0.2) is 4.79 Å². The van der Waals surface area contributed by atoms with Gasteiger partial charge in [-0.1, -0.05) is 24.3 Å². The lowest BCUT2D eigenvalue weighted by Gasteiger charge is -2.36. The topological polar surface area (TPSA) is 98.9 Å². The number of amides is 1. The fraction of sp³-hybridized carbons (Fsp3) is 0.286. The van der Waals surface area contributed by atoms with Crippen LogP contribution in [0, 0.1) is 0 Å². The minimum atomic E-state index is -1.72. The first-order chi connectivity index (χ1) is 13.3. The quantitative estimate of drug-likeness (QED) is 0.618. The molecule has 2 N–H and O–H groups in total.